The summed E-state index contributed by atoms with van der Waals surface area (Å²) < 4.78 is 0. The first-order valence-electron chi connectivity index (χ1n) is 9.84. The van der Waals surface area contributed by atoms with Gasteiger partial charge in [-0.25, -0.2) is 9.96 Å². The van der Waals surface area contributed by atoms with E-state index in [4.69, 9.17) is 16.4 Å². The first-order valence-corrected chi connectivity index (χ1v) is 10.2. The molecule has 2 aliphatic rings. The van der Waals surface area contributed by atoms with E-state index in [2.05, 4.69) is 0 Å². The van der Waals surface area contributed by atoms with Gasteiger partial charge in [-0.2, -0.15) is 0 Å². The Hall–Kier alpha value is -3.75. The van der Waals surface area contributed by atoms with Crippen LogP contribution in [0.5, 0.6) is 0 Å². The SMILES string of the molecule is O=C1[C@H]2[C@H](ON(c3ccccc3)[C@H]2c2cccc([N+](=O)[O-])c2)C(=O)N1c1ccc(Cl)cc1. The van der Waals surface area contributed by atoms with Crippen molar-refractivity contribution >= 4 is 40.5 Å². The molecule has 0 aromatic heterocycles. The van der Waals surface area contributed by atoms with Crippen molar-refractivity contribution in [2.75, 3.05) is 9.96 Å². The van der Waals surface area contributed by atoms with Crippen LogP contribution in [0, 0.1) is 16.0 Å². The number of anilines is 2. The number of nitro groups is 1. The number of amides is 2. The molecule has 3 aromatic carbocycles. The number of hydroxylamine groups is 1. The molecule has 2 fully saturated rings. The number of hydrogen-bond acceptors (Lipinski definition) is 6. The van der Waals surface area contributed by atoms with Crippen molar-refractivity contribution in [1.29, 1.82) is 0 Å². The maximum atomic E-state index is 13.5. The van der Waals surface area contributed by atoms with Crippen LogP contribution in [0.3, 0.4) is 0 Å². The monoisotopic (exact) mass is 449 g/mol. The fraction of sp³-hybridized carbons (Fsp3) is 0.130. The van der Waals surface area contributed by atoms with Crippen LogP contribution in [0.1, 0.15) is 11.6 Å². The van der Waals surface area contributed by atoms with Gasteiger partial charge in [0.15, 0.2) is 6.10 Å². The van der Waals surface area contributed by atoms with Gasteiger partial charge in [-0.05, 0) is 42.0 Å². The molecule has 3 atom stereocenters. The Kier molecular flexibility index (Phi) is 4.88. The summed E-state index contributed by atoms with van der Waals surface area (Å²) in [5.74, 6) is -1.80. The van der Waals surface area contributed by atoms with E-state index in [0.29, 0.717) is 22.0 Å². The van der Waals surface area contributed by atoms with Crippen LogP contribution in [0.2, 0.25) is 5.02 Å². The highest BCUT2D eigenvalue weighted by Crippen LogP contribution is 2.48. The predicted octanol–water partition coefficient (Wildman–Crippen LogP) is 4.30. The van der Waals surface area contributed by atoms with Gasteiger partial charge in [-0.15, -0.1) is 0 Å². The Morgan fingerprint density at radius 3 is 2.28 bits per heavy atom. The van der Waals surface area contributed by atoms with Crippen molar-refractivity contribution in [2.24, 2.45) is 5.92 Å². The Morgan fingerprint density at radius 2 is 1.59 bits per heavy atom. The van der Waals surface area contributed by atoms with Gasteiger partial charge in [0.25, 0.3) is 11.6 Å². The van der Waals surface area contributed by atoms with Crippen LogP contribution in [-0.4, -0.2) is 22.8 Å². The van der Waals surface area contributed by atoms with Gasteiger partial charge in [-0.3, -0.25) is 24.5 Å². The predicted molar refractivity (Wildman–Crippen MR) is 117 cm³/mol. The van der Waals surface area contributed by atoms with E-state index < -0.39 is 34.8 Å². The Bertz CT molecular complexity index is 1220. The van der Waals surface area contributed by atoms with Crippen molar-refractivity contribution in [3.05, 3.63) is 99.6 Å². The smallest absolute Gasteiger partial charge is 0.269 e. The number of carbonyl (C=O) groups is 2. The number of para-hydroxylation sites is 1. The average molecular weight is 450 g/mol. The zero-order chi connectivity index (χ0) is 22.4. The topological polar surface area (TPSA) is 93.0 Å². The largest absolute Gasteiger partial charge is 0.273 e. The molecule has 2 saturated heterocycles. The van der Waals surface area contributed by atoms with E-state index in [9.17, 15) is 19.7 Å². The molecule has 8 nitrogen and oxygen atoms in total. The van der Waals surface area contributed by atoms with Crippen LogP contribution in [0.4, 0.5) is 17.1 Å². The van der Waals surface area contributed by atoms with Gasteiger partial charge in [0.05, 0.1) is 22.3 Å². The van der Waals surface area contributed by atoms with Crippen LogP contribution < -0.4 is 9.96 Å². The summed E-state index contributed by atoms with van der Waals surface area (Å²) in [6.07, 6.45) is -1.05. The molecule has 32 heavy (non-hydrogen) atoms. The summed E-state index contributed by atoms with van der Waals surface area (Å²) in [7, 11) is 0. The summed E-state index contributed by atoms with van der Waals surface area (Å²) in [4.78, 5) is 44.7. The Balaban J connectivity index is 1.60. The number of nitro benzene ring substituents is 1. The Labute approximate surface area is 187 Å². The molecule has 9 heteroatoms. The van der Waals surface area contributed by atoms with E-state index in [1.165, 1.54) is 17.2 Å². The molecule has 0 N–H and O–H groups in total. The quantitative estimate of drug-likeness (QED) is 0.335. The zero-order valence-electron chi connectivity index (χ0n) is 16.5. The lowest BCUT2D eigenvalue weighted by Gasteiger charge is -2.28. The van der Waals surface area contributed by atoms with E-state index >= 15 is 0 Å². The number of benzene rings is 3. The fourth-order valence-electron chi connectivity index (χ4n) is 4.22. The fourth-order valence-corrected chi connectivity index (χ4v) is 4.35. The van der Waals surface area contributed by atoms with Gasteiger partial charge >= 0.3 is 0 Å². The molecule has 0 spiro atoms. The summed E-state index contributed by atoms with van der Waals surface area (Å²) >= 11 is 5.94. The summed E-state index contributed by atoms with van der Waals surface area (Å²) in [6.45, 7) is 0. The first-order chi connectivity index (χ1) is 15.5. The van der Waals surface area contributed by atoms with Crippen molar-refractivity contribution < 1.29 is 19.3 Å². The molecule has 2 aliphatic heterocycles. The normalized spacial score (nSPS) is 22.3. The number of rotatable bonds is 4. The van der Waals surface area contributed by atoms with Gasteiger partial charge in [0, 0.05) is 17.2 Å². The van der Waals surface area contributed by atoms with Crippen molar-refractivity contribution in [3.63, 3.8) is 0 Å². The first kappa shape index (κ1) is 20.2. The third-order valence-electron chi connectivity index (χ3n) is 5.63. The Morgan fingerprint density at radius 1 is 0.875 bits per heavy atom. The molecule has 2 heterocycles. The van der Waals surface area contributed by atoms with E-state index in [1.54, 1.807) is 60.7 Å². The second-order valence-corrected chi connectivity index (χ2v) is 7.93. The molecule has 160 valence electrons. The molecular weight excluding hydrogens is 434 g/mol. The molecule has 3 aromatic rings. The van der Waals surface area contributed by atoms with Crippen molar-refractivity contribution in [3.8, 4) is 0 Å². The minimum absolute atomic E-state index is 0.106. The molecule has 2 amide bonds. The highest BCUT2D eigenvalue weighted by molar-refractivity contribution is 6.31. The number of halogens is 1. The van der Waals surface area contributed by atoms with Crippen LogP contribution in [0.25, 0.3) is 0 Å². The van der Waals surface area contributed by atoms with Gasteiger partial charge in [-0.1, -0.05) is 41.9 Å². The maximum absolute atomic E-state index is 13.5. The van der Waals surface area contributed by atoms with Crippen LogP contribution in [0.15, 0.2) is 78.9 Å². The van der Waals surface area contributed by atoms with Gasteiger partial charge in [0.2, 0.25) is 5.91 Å². The van der Waals surface area contributed by atoms with Crippen LogP contribution in [-0.2, 0) is 14.4 Å². The minimum Gasteiger partial charge on any atom is -0.273 e. The third-order valence-corrected chi connectivity index (χ3v) is 5.89. The molecule has 0 radical (unpaired) electrons. The number of imide groups is 1. The highest BCUT2D eigenvalue weighted by Gasteiger charge is 2.60. The second kappa shape index (κ2) is 7.74. The summed E-state index contributed by atoms with van der Waals surface area (Å²) in [6, 6.07) is 20.7. The lowest BCUT2D eigenvalue weighted by molar-refractivity contribution is -0.384. The lowest BCUT2D eigenvalue weighted by Crippen LogP contribution is -2.37. The number of fused-ring (bicyclic) bond motifs is 1. The zero-order valence-corrected chi connectivity index (χ0v) is 17.3. The van der Waals surface area contributed by atoms with Gasteiger partial charge < -0.3 is 0 Å². The standard InChI is InChI=1S/C23H16ClN3O5/c24-15-9-11-16(12-10-15)25-22(28)19-20(14-5-4-8-18(13-14)27(30)31)26(32-21(19)23(25)29)17-6-2-1-3-7-17/h1-13,19-21H/t19-,20+,21+/m1/s1. The number of carbonyl (C=O) groups excluding carboxylic acids is 2. The lowest BCUT2D eigenvalue weighted by atomic mass is 9.90. The molecule has 5 rings (SSSR count). The molecular formula is C23H16ClN3O5. The van der Waals surface area contributed by atoms with E-state index in [0.717, 1.165) is 4.90 Å². The molecule has 0 saturated carbocycles. The van der Waals surface area contributed by atoms with Gasteiger partial charge in [0.1, 0.15) is 5.92 Å². The number of hydrogen-bond donors (Lipinski definition) is 0. The molecule has 0 unspecified atom stereocenters. The maximum Gasteiger partial charge on any atom is 0.269 e. The number of non-ortho nitro benzene ring substituents is 1. The van der Waals surface area contributed by atoms with Crippen molar-refractivity contribution in [1.82, 2.24) is 0 Å². The summed E-state index contributed by atoms with van der Waals surface area (Å²) in [5.41, 5.74) is 1.43. The number of nitrogens with zero attached hydrogens (tertiary/aromatic N) is 3. The third kappa shape index (κ3) is 3.21. The minimum atomic E-state index is -1.05. The molecule has 0 bridgehead atoms. The second-order valence-electron chi connectivity index (χ2n) is 7.50. The molecule has 0 aliphatic carbocycles. The average Bonchev–Trinajstić information content (AvgIpc) is 3.31. The van der Waals surface area contributed by atoms with E-state index in [1.807, 2.05) is 6.07 Å². The summed E-state index contributed by atoms with van der Waals surface area (Å²) in [5, 5.41) is 13.3. The van der Waals surface area contributed by atoms with Crippen molar-refractivity contribution in [2.45, 2.75) is 12.1 Å². The highest BCUT2D eigenvalue weighted by atomic mass is 35.5. The van der Waals surface area contributed by atoms with E-state index in [-0.39, 0.29) is 5.69 Å². The van der Waals surface area contributed by atoms with Crippen LogP contribution >= 0.6 is 11.6 Å².